The molecule has 1 aliphatic rings. The number of pyridine rings is 1. The monoisotopic (exact) mass is 280 g/mol. The summed E-state index contributed by atoms with van der Waals surface area (Å²) in [7, 11) is 0. The molecule has 0 N–H and O–H groups in total. The third-order valence-electron chi connectivity index (χ3n) is 3.30. The number of hydrogen-bond acceptors (Lipinski definition) is 4. The molecule has 2 rings (SSSR count). The molecule has 1 atom stereocenters. The van der Waals surface area contributed by atoms with Gasteiger partial charge in [0.2, 0.25) is 5.95 Å². The number of carbonyl (C=O) groups is 2. The van der Waals surface area contributed by atoms with Crippen molar-refractivity contribution < 1.29 is 18.7 Å². The van der Waals surface area contributed by atoms with Crippen LogP contribution in [0.4, 0.5) is 4.39 Å². The lowest BCUT2D eigenvalue weighted by molar-refractivity contribution is -0.149. The Morgan fingerprint density at radius 1 is 1.50 bits per heavy atom. The first-order chi connectivity index (χ1) is 9.61. The summed E-state index contributed by atoms with van der Waals surface area (Å²) in [5.74, 6) is -1.39. The van der Waals surface area contributed by atoms with E-state index in [1.54, 1.807) is 11.8 Å². The minimum Gasteiger partial charge on any atom is -0.466 e. The second-order valence-electron chi connectivity index (χ2n) is 4.71. The Balaban J connectivity index is 2.03. The summed E-state index contributed by atoms with van der Waals surface area (Å²) in [4.78, 5) is 29.0. The van der Waals surface area contributed by atoms with E-state index in [0.29, 0.717) is 25.3 Å². The van der Waals surface area contributed by atoms with Crippen LogP contribution in [-0.4, -0.2) is 41.5 Å². The fourth-order valence-electron chi connectivity index (χ4n) is 2.30. The van der Waals surface area contributed by atoms with Crippen molar-refractivity contribution in [1.29, 1.82) is 0 Å². The summed E-state index contributed by atoms with van der Waals surface area (Å²) in [6.45, 7) is 3.03. The first-order valence-electron chi connectivity index (χ1n) is 6.69. The van der Waals surface area contributed by atoms with Crippen molar-refractivity contribution in [3.05, 3.63) is 29.8 Å². The third kappa shape index (κ3) is 3.31. The van der Waals surface area contributed by atoms with E-state index in [1.165, 1.54) is 12.3 Å². The van der Waals surface area contributed by atoms with Crippen molar-refractivity contribution >= 4 is 11.9 Å². The van der Waals surface area contributed by atoms with Crippen LogP contribution in [0, 0.1) is 11.9 Å². The average Bonchev–Trinajstić information content (AvgIpc) is 2.48. The van der Waals surface area contributed by atoms with Crippen LogP contribution < -0.4 is 0 Å². The molecule has 0 bridgehead atoms. The van der Waals surface area contributed by atoms with Crippen LogP contribution >= 0.6 is 0 Å². The Bertz CT molecular complexity index is 490. The van der Waals surface area contributed by atoms with Gasteiger partial charge in [0.15, 0.2) is 0 Å². The number of piperidine rings is 1. The minimum atomic E-state index is -0.621. The van der Waals surface area contributed by atoms with E-state index in [2.05, 4.69) is 4.98 Å². The molecule has 0 saturated carbocycles. The fraction of sp³-hybridized carbons (Fsp3) is 0.500. The lowest BCUT2D eigenvalue weighted by atomic mass is 9.97. The predicted octanol–water partition coefficient (Wildman–Crippen LogP) is 1.64. The second kappa shape index (κ2) is 6.45. The Hall–Kier alpha value is -1.98. The maximum absolute atomic E-state index is 12.7. The average molecular weight is 280 g/mol. The zero-order valence-electron chi connectivity index (χ0n) is 11.3. The van der Waals surface area contributed by atoms with Crippen LogP contribution in [0.15, 0.2) is 18.3 Å². The van der Waals surface area contributed by atoms with Gasteiger partial charge in [-0.25, -0.2) is 4.98 Å². The van der Waals surface area contributed by atoms with E-state index in [-0.39, 0.29) is 17.8 Å². The third-order valence-corrected chi connectivity index (χ3v) is 3.30. The molecule has 1 aromatic rings. The molecule has 1 fully saturated rings. The van der Waals surface area contributed by atoms with Crippen molar-refractivity contribution in [3.8, 4) is 0 Å². The second-order valence-corrected chi connectivity index (χ2v) is 4.71. The summed E-state index contributed by atoms with van der Waals surface area (Å²) < 4.78 is 17.7. The Morgan fingerprint density at radius 3 is 2.95 bits per heavy atom. The Kier molecular flexibility index (Phi) is 4.65. The van der Waals surface area contributed by atoms with Crippen LogP contribution in [0.3, 0.4) is 0 Å². The number of carbonyl (C=O) groups excluding carboxylic acids is 2. The number of nitrogens with zero attached hydrogens (tertiary/aromatic N) is 2. The molecule has 1 unspecified atom stereocenters. The van der Waals surface area contributed by atoms with E-state index in [0.717, 1.165) is 18.9 Å². The number of aromatic nitrogens is 1. The molecule has 20 heavy (non-hydrogen) atoms. The first-order valence-corrected chi connectivity index (χ1v) is 6.69. The normalized spacial score (nSPS) is 18.7. The Morgan fingerprint density at radius 2 is 2.30 bits per heavy atom. The van der Waals surface area contributed by atoms with Gasteiger partial charge in [0, 0.05) is 19.3 Å². The van der Waals surface area contributed by atoms with E-state index in [4.69, 9.17) is 4.74 Å². The summed E-state index contributed by atoms with van der Waals surface area (Å²) in [5.41, 5.74) is 0.330. The topological polar surface area (TPSA) is 59.5 Å². The molecule has 0 aliphatic carbocycles. The van der Waals surface area contributed by atoms with Gasteiger partial charge in [-0.15, -0.1) is 0 Å². The van der Waals surface area contributed by atoms with Crippen LogP contribution in [0.2, 0.25) is 0 Å². The number of hydrogen-bond donors (Lipinski definition) is 0. The van der Waals surface area contributed by atoms with Crippen LogP contribution in [0.25, 0.3) is 0 Å². The van der Waals surface area contributed by atoms with Crippen LogP contribution in [0.1, 0.15) is 30.1 Å². The van der Waals surface area contributed by atoms with Gasteiger partial charge in [0.1, 0.15) is 0 Å². The highest BCUT2D eigenvalue weighted by Gasteiger charge is 2.29. The maximum atomic E-state index is 12.7. The van der Waals surface area contributed by atoms with E-state index in [9.17, 15) is 14.0 Å². The molecule has 108 valence electrons. The highest BCUT2D eigenvalue weighted by atomic mass is 19.1. The zero-order valence-corrected chi connectivity index (χ0v) is 11.3. The number of amides is 1. The molecule has 0 aromatic carbocycles. The number of ether oxygens (including phenoxy) is 1. The van der Waals surface area contributed by atoms with Gasteiger partial charge in [-0.3, -0.25) is 9.59 Å². The predicted molar refractivity (Wildman–Crippen MR) is 69.5 cm³/mol. The quantitative estimate of drug-likeness (QED) is 0.624. The van der Waals surface area contributed by atoms with Crippen molar-refractivity contribution in [1.82, 2.24) is 9.88 Å². The highest BCUT2D eigenvalue weighted by molar-refractivity contribution is 5.94. The molecule has 1 amide bonds. The molecule has 1 aromatic heterocycles. The van der Waals surface area contributed by atoms with Crippen molar-refractivity contribution in [2.24, 2.45) is 5.92 Å². The van der Waals surface area contributed by atoms with Gasteiger partial charge in [-0.1, -0.05) is 0 Å². The molecular weight excluding hydrogens is 263 g/mol. The standard InChI is InChI=1S/C14H17FN2O3/c1-2-20-14(19)11-4-3-7-17(9-11)13(18)10-5-6-12(15)16-8-10/h5-6,8,11H,2-4,7,9H2,1H3. The summed E-state index contributed by atoms with van der Waals surface area (Å²) in [6.07, 6.45) is 2.69. The van der Waals surface area contributed by atoms with E-state index < -0.39 is 5.95 Å². The largest absolute Gasteiger partial charge is 0.466 e. The van der Waals surface area contributed by atoms with Crippen LogP contribution in [0.5, 0.6) is 0 Å². The maximum Gasteiger partial charge on any atom is 0.310 e. The number of likely N-dealkylation sites (tertiary alicyclic amines) is 1. The number of rotatable bonds is 3. The molecule has 6 heteroatoms. The van der Waals surface area contributed by atoms with Crippen LogP contribution in [-0.2, 0) is 9.53 Å². The molecule has 1 saturated heterocycles. The Labute approximate surface area is 116 Å². The number of halogens is 1. The van der Waals surface area contributed by atoms with Gasteiger partial charge < -0.3 is 9.64 Å². The van der Waals surface area contributed by atoms with Crippen molar-refractivity contribution in [3.63, 3.8) is 0 Å². The fourth-order valence-corrected chi connectivity index (χ4v) is 2.30. The van der Waals surface area contributed by atoms with E-state index in [1.807, 2.05) is 0 Å². The lowest BCUT2D eigenvalue weighted by Crippen LogP contribution is -2.42. The lowest BCUT2D eigenvalue weighted by Gasteiger charge is -2.31. The van der Waals surface area contributed by atoms with Gasteiger partial charge in [-0.2, -0.15) is 4.39 Å². The van der Waals surface area contributed by atoms with Gasteiger partial charge in [0.25, 0.3) is 5.91 Å². The van der Waals surface area contributed by atoms with Gasteiger partial charge in [0.05, 0.1) is 18.1 Å². The van der Waals surface area contributed by atoms with Crippen molar-refractivity contribution in [2.45, 2.75) is 19.8 Å². The van der Waals surface area contributed by atoms with Gasteiger partial charge in [-0.05, 0) is 31.9 Å². The number of esters is 1. The summed E-state index contributed by atoms with van der Waals surface area (Å²) in [5, 5.41) is 0. The molecule has 0 spiro atoms. The van der Waals surface area contributed by atoms with Gasteiger partial charge >= 0.3 is 5.97 Å². The zero-order chi connectivity index (χ0) is 14.5. The minimum absolute atomic E-state index is 0.230. The molecule has 5 nitrogen and oxygen atoms in total. The summed E-state index contributed by atoms with van der Waals surface area (Å²) >= 11 is 0. The molecule has 2 heterocycles. The SMILES string of the molecule is CCOC(=O)C1CCCN(C(=O)c2ccc(F)nc2)C1. The highest BCUT2D eigenvalue weighted by Crippen LogP contribution is 2.19. The molecule has 1 aliphatic heterocycles. The molecular formula is C14H17FN2O3. The summed E-state index contributed by atoms with van der Waals surface area (Å²) in [6, 6.07) is 2.55. The first kappa shape index (κ1) is 14.4. The molecule has 0 radical (unpaired) electrons. The smallest absolute Gasteiger partial charge is 0.310 e. The van der Waals surface area contributed by atoms with Crippen molar-refractivity contribution in [2.75, 3.05) is 19.7 Å². The van der Waals surface area contributed by atoms with E-state index >= 15 is 0 Å².